The van der Waals surface area contributed by atoms with Crippen LogP contribution in [0.3, 0.4) is 0 Å². The third-order valence-electron chi connectivity index (χ3n) is 6.98. The van der Waals surface area contributed by atoms with Crippen molar-refractivity contribution in [3.8, 4) is 0 Å². The van der Waals surface area contributed by atoms with Crippen molar-refractivity contribution in [3.63, 3.8) is 0 Å². The minimum atomic E-state index is -2.37. The van der Waals surface area contributed by atoms with Crippen LogP contribution in [0.1, 0.15) is 40.0 Å². The van der Waals surface area contributed by atoms with Crippen LogP contribution in [0.4, 0.5) is 0 Å². The Morgan fingerprint density at radius 2 is 1.55 bits per heavy atom. The fraction of sp³-hybridized carbons (Fsp3) is 0.407. The summed E-state index contributed by atoms with van der Waals surface area (Å²) in [5.41, 5.74) is 0. The molecule has 3 aromatic carbocycles. The highest BCUT2D eigenvalue weighted by molar-refractivity contribution is 6.98. The number of hydrogen-bond acceptors (Lipinski definition) is 1. The van der Waals surface area contributed by atoms with Gasteiger partial charge in [0.25, 0.3) is 8.32 Å². The molecule has 1 nitrogen and oxygen atoms in total. The second-order valence-corrected chi connectivity index (χ2v) is 12.8. The summed E-state index contributed by atoms with van der Waals surface area (Å²) < 4.78 is 7.34. The number of fused-ring (bicyclic) bond motifs is 1. The Labute approximate surface area is 177 Å². The molecule has 0 amide bonds. The normalized spacial score (nSPS) is 24.5. The van der Waals surface area contributed by atoms with E-state index >= 15 is 0 Å². The van der Waals surface area contributed by atoms with E-state index in [0.29, 0.717) is 17.9 Å². The zero-order valence-corrected chi connectivity index (χ0v) is 19.3. The third-order valence-corrected chi connectivity index (χ3v) is 10.6. The van der Waals surface area contributed by atoms with Crippen molar-refractivity contribution in [3.05, 3.63) is 72.8 Å². The molecule has 0 N–H and O–H groups in total. The maximum absolute atomic E-state index is 7.34. The smallest absolute Gasteiger partial charge is 0.253 e. The minimum absolute atomic E-state index is 0.342. The molecule has 0 saturated heterocycles. The monoisotopic (exact) mass is 402 g/mol. The molecule has 1 unspecified atom stereocenters. The van der Waals surface area contributed by atoms with Crippen LogP contribution < -0.4 is 10.4 Å². The third kappa shape index (κ3) is 4.06. The average Bonchev–Trinajstić information content (AvgIpc) is 2.73. The fourth-order valence-corrected chi connectivity index (χ4v) is 8.67. The highest BCUT2D eigenvalue weighted by Crippen LogP contribution is 2.37. The van der Waals surface area contributed by atoms with E-state index < -0.39 is 8.32 Å². The summed E-state index contributed by atoms with van der Waals surface area (Å²) in [6.07, 6.45) is 4.15. The largest absolute Gasteiger partial charge is 0.405 e. The molecular formula is C27H34OSi. The van der Waals surface area contributed by atoms with E-state index in [-0.39, 0.29) is 0 Å². The summed E-state index contributed by atoms with van der Waals surface area (Å²) in [4.78, 5) is 0. The van der Waals surface area contributed by atoms with Gasteiger partial charge in [-0.1, -0.05) is 100.0 Å². The van der Waals surface area contributed by atoms with Gasteiger partial charge in [-0.3, -0.25) is 0 Å². The Hall–Kier alpha value is -1.90. The topological polar surface area (TPSA) is 9.23 Å². The van der Waals surface area contributed by atoms with Crippen molar-refractivity contribution >= 4 is 29.5 Å². The Balaban J connectivity index is 1.84. The zero-order chi connectivity index (χ0) is 20.4. The molecule has 3 aromatic rings. The van der Waals surface area contributed by atoms with E-state index in [1.54, 1.807) is 0 Å². The Bertz CT molecular complexity index is 946. The molecule has 0 radical (unpaired) electrons. The molecule has 0 heterocycles. The summed E-state index contributed by atoms with van der Waals surface area (Å²) in [5, 5.41) is 5.43. The standard InChI is InChI=1S/C27H34OSi/c1-20(2)24-18-17-21(3)19-26(24)28-29(4,23-13-6-5-7-14-23)27-16-10-12-22-11-8-9-15-25(22)27/h5-16,20-21,24,26H,17-19H2,1-4H3/t21-,24-,26+,29?/m1/s1. The fourth-order valence-electron chi connectivity index (χ4n) is 5.24. The predicted octanol–water partition coefficient (Wildman–Crippen LogP) is 6.01. The van der Waals surface area contributed by atoms with Gasteiger partial charge in [0.1, 0.15) is 0 Å². The molecule has 0 bridgehead atoms. The second-order valence-electron chi connectivity index (χ2n) is 9.41. The molecule has 2 heteroatoms. The van der Waals surface area contributed by atoms with Gasteiger partial charge in [0, 0.05) is 6.10 Å². The van der Waals surface area contributed by atoms with Crippen LogP contribution in [0.5, 0.6) is 0 Å². The van der Waals surface area contributed by atoms with Crippen LogP contribution in [0.25, 0.3) is 10.8 Å². The summed E-state index contributed by atoms with van der Waals surface area (Å²) in [6.45, 7) is 9.56. The summed E-state index contributed by atoms with van der Waals surface area (Å²) in [5.74, 6) is 2.06. The lowest BCUT2D eigenvalue weighted by Gasteiger charge is -2.42. The maximum Gasteiger partial charge on any atom is 0.253 e. The molecule has 4 rings (SSSR count). The number of hydrogen-bond donors (Lipinski definition) is 0. The molecule has 0 aromatic heterocycles. The van der Waals surface area contributed by atoms with Crippen LogP contribution >= 0.6 is 0 Å². The van der Waals surface area contributed by atoms with Gasteiger partial charge in [-0.2, -0.15) is 0 Å². The molecule has 0 spiro atoms. The highest BCUT2D eigenvalue weighted by atomic mass is 28.4. The van der Waals surface area contributed by atoms with Crippen LogP contribution in [0, 0.1) is 17.8 Å². The molecule has 4 atom stereocenters. The van der Waals surface area contributed by atoms with Crippen molar-refractivity contribution in [1.29, 1.82) is 0 Å². The quantitative estimate of drug-likeness (QED) is 0.475. The molecule has 1 aliphatic carbocycles. The van der Waals surface area contributed by atoms with Crippen LogP contribution in [0.2, 0.25) is 6.55 Å². The summed E-state index contributed by atoms with van der Waals surface area (Å²) >= 11 is 0. The van der Waals surface area contributed by atoms with Gasteiger partial charge in [0.15, 0.2) is 0 Å². The highest BCUT2D eigenvalue weighted by Gasteiger charge is 2.42. The summed E-state index contributed by atoms with van der Waals surface area (Å²) in [6, 6.07) is 26.5. The maximum atomic E-state index is 7.34. The molecule has 152 valence electrons. The van der Waals surface area contributed by atoms with Crippen molar-refractivity contribution in [1.82, 2.24) is 0 Å². The lowest BCUT2D eigenvalue weighted by Crippen LogP contribution is -2.61. The first-order valence-electron chi connectivity index (χ1n) is 11.2. The zero-order valence-electron chi connectivity index (χ0n) is 18.3. The molecule has 1 saturated carbocycles. The van der Waals surface area contributed by atoms with E-state index in [2.05, 4.69) is 100 Å². The van der Waals surface area contributed by atoms with Gasteiger partial charge in [-0.25, -0.2) is 0 Å². The lowest BCUT2D eigenvalue weighted by atomic mass is 9.75. The molecule has 1 aliphatic rings. The van der Waals surface area contributed by atoms with Gasteiger partial charge >= 0.3 is 0 Å². The van der Waals surface area contributed by atoms with Gasteiger partial charge in [0.05, 0.1) is 0 Å². The van der Waals surface area contributed by atoms with Gasteiger partial charge in [0.2, 0.25) is 0 Å². The molecular weight excluding hydrogens is 368 g/mol. The molecule has 1 fully saturated rings. The van der Waals surface area contributed by atoms with Crippen LogP contribution in [-0.4, -0.2) is 14.4 Å². The Morgan fingerprint density at radius 3 is 2.31 bits per heavy atom. The minimum Gasteiger partial charge on any atom is -0.405 e. The van der Waals surface area contributed by atoms with E-state index in [1.807, 2.05) is 0 Å². The first-order chi connectivity index (χ1) is 14.0. The Kier molecular flexibility index (Phi) is 5.94. The average molecular weight is 403 g/mol. The van der Waals surface area contributed by atoms with Crippen LogP contribution in [0.15, 0.2) is 72.8 Å². The first-order valence-corrected chi connectivity index (χ1v) is 13.6. The van der Waals surface area contributed by atoms with Crippen molar-refractivity contribution in [2.45, 2.75) is 52.7 Å². The molecule has 29 heavy (non-hydrogen) atoms. The van der Waals surface area contributed by atoms with Gasteiger partial charge in [-0.05, 0) is 58.3 Å². The predicted molar refractivity (Wildman–Crippen MR) is 127 cm³/mol. The van der Waals surface area contributed by atoms with E-state index in [0.717, 1.165) is 5.92 Å². The van der Waals surface area contributed by atoms with Crippen LogP contribution in [-0.2, 0) is 4.43 Å². The second kappa shape index (κ2) is 8.45. The van der Waals surface area contributed by atoms with Gasteiger partial charge < -0.3 is 4.43 Å². The van der Waals surface area contributed by atoms with Crippen molar-refractivity contribution in [2.24, 2.45) is 17.8 Å². The Morgan fingerprint density at radius 1 is 0.862 bits per heavy atom. The van der Waals surface area contributed by atoms with Crippen molar-refractivity contribution in [2.75, 3.05) is 0 Å². The number of benzene rings is 3. The lowest BCUT2D eigenvalue weighted by molar-refractivity contribution is 0.0431. The number of rotatable bonds is 5. The van der Waals surface area contributed by atoms with E-state index in [4.69, 9.17) is 4.43 Å². The van der Waals surface area contributed by atoms with Crippen molar-refractivity contribution < 1.29 is 4.43 Å². The SMILES string of the molecule is CC(C)[C@H]1CC[C@@H](C)C[C@@H]1O[Si](C)(c1ccccc1)c1cccc2ccccc12. The summed E-state index contributed by atoms with van der Waals surface area (Å²) in [7, 11) is -2.37. The first kappa shape index (κ1) is 20.4. The molecule has 0 aliphatic heterocycles. The van der Waals surface area contributed by atoms with E-state index in [1.165, 1.54) is 40.4 Å². The van der Waals surface area contributed by atoms with Gasteiger partial charge in [-0.15, -0.1) is 0 Å². The van der Waals surface area contributed by atoms with E-state index in [9.17, 15) is 0 Å².